The molecule has 0 atom stereocenters. The zero-order chi connectivity index (χ0) is 13.3. The molecule has 2 aromatic heterocycles. The van der Waals surface area contributed by atoms with E-state index in [4.69, 9.17) is 0 Å². The molecule has 0 saturated heterocycles. The Morgan fingerprint density at radius 1 is 1.50 bits per heavy atom. The van der Waals surface area contributed by atoms with Crippen molar-refractivity contribution in [3.63, 3.8) is 0 Å². The minimum Gasteiger partial charge on any atom is -0.295 e. The Morgan fingerprint density at radius 3 is 2.72 bits per heavy atom. The lowest BCUT2D eigenvalue weighted by Crippen LogP contribution is -2.13. The highest BCUT2D eigenvalue weighted by Crippen LogP contribution is 2.22. The summed E-state index contributed by atoms with van der Waals surface area (Å²) in [5, 5.41) is 16.1. The van der Waals surface area contributed by atoms with Crippen molar-refractivity contribution < 1.29 is 4.79 Å². The van der Waals surface area contributed by atoms with E-state index >= 15 is 0 Å². The number of hydrogen-bond acceptors (Lipinski definition) is 5. The Bertz CT molecular complexity index is 591. The molecule has 0 unspecified atom stereocenters. The van der Waals surface area contributed by atoms with Crippen molar-refractivity contribution in [2.75, 3.05) is 5.32 Å². The van der Waals surface area contributed by atoms with Gasteiger partial charge >= 0.3 is 0 Å². The van der Waals surface area contributed by atoms with Crippen LogP contribution in [0.1, 0.15) is 28.1 Å². The molecule has 0 radical (unpaired) electrons. The number of anilines is 1. The summed E-state index contributed by atoms with van der Waals surface area (Å²) in [5.41, 5.74) is 1.25. The fourth-order valence-electron chi connectivity index (χ4n) is 1.33. The quantitative estimate of drug-likeness (QED) is 0.936. The summed E-state index contributed by atoms with van der Waals surface area (Å²) in [7, 11) is 1.79. The second-order valence-corrected chi connectivity index (χ2v) is 5.54. The predicted octanol–water partition coefficient (Wildman–Crippen LogP) is 2.16. The summed E-state index contributed by atoms with van der Waals surface area (Å²) in [6.45, 7) is 3.87. The molecule has 0 aliphatic heterocycles. The molecule has 6 nitrogen and oxygen atoms in total. The van der Waals surface area contributed by atoms with Crippen molar-refractivity contribution in [1.29, 1.82) is 0 Å². The first-order chi connectivity index (χ1) is 8.52. The number of nitrogens with zero attached hydrogens (tertiary/aromatic N) is 4. The molecule has 2 rings (SSSR count). The van der Waals surface area contributed by atoms with Gasteiger partial charge in [0.15, 0.2) is 5.69 Å². The van der Waals surface area contributed by atoms with E-state index in [1.54, 1.807) is 11.7 Å². The van der Waals surface area contributed by atoms with Crippen molar-refractivity contribution in [1.82, 2.24) is 20.0 Å². The monoisotopic (exact) mass is 329 g/mol. The number of carbonyl (C=O) groups excluding carboxylic acids is 1. The van der Waals surface area contributed by atoms with Crippen LogP contribution in [0.3, 0.4) is 0 Å². The van der Waals surface area contributed by atoms with Gasteiger partial charge in [0.1, 0.15) is 5.01 Å². The maximum Gasteiger partial charge on any atom is 0.279 e. The molecule has 96 valence electrons. The van der Waals surface area contributed by atoms with E-state index in [1.165, 1.54) is 11.3 Å². The largest absolute Gasteiger partial charge is 0.295 e. The molecule has 18 heavy (non-hydrogen) atoms. The fourth-order valence-corrected chi connectivity index (χ4v) is 2.52. The molecular formula is C10H12BrN5OS. The number of hydrogen-bond donors (Lipinski definition) is 1. The number of aromatic nitrogens is 4. The average Bonchev–Trinajstić information content (AvgIpc) is 2.89. The second kappa shape index (κ2) is 5.15. The fraction of sp³-hybridized carbons (Fsp3) is 0.400. The van der Waals surface area contributed by atoms with Crippen LogP contribution in [0.5, 0.6) is 0 Å². The van der Waals surface area contributed by atoms with Gasteiger partial charge in [0.2, 0.25) is 5.13 Å². The summed E-state index contributed by atoms with van der Waals surface area (Å²) in [6.07, 6.45) is 0.805. The molecule has 0 bridgehead atoms. The Kier molecular flexibility index (Phi) is 3.76. The van der Waals surface area contributed by atoms with Gasteiger partial charge in [-0.1, -0.05) is 18.3 Å². The van der Waals surface area contributed by atoms with Crippen LogP contribution < -0.4 is 5.32 Å². The highest BCUT2D eigenvalue weighted by molar-refractivity contribution is 9.10. The lowest BCUT2D eigenvalue weighted by atomic mass is 10.3. The minimum atomic E-state index is -0.288. The molecule has 0 saturated carbocycles. The van der Waals surface area contributed by atoms with E-state index in [1.807, 2.05) is 13.8 Å². The number of amides is 1. The van der Waals surface area contributed by atoms with E-state index in [9.17, 15) is 4.79 Å². The normalized spacial score (nSPS) is 10.7. The van der Waals surface area contributed by atoms with Gasteiger partial charge < -0.3 is 0 Å². The van der Waals surface area contributed by atoms with Crippen LogP contribution in [0.2, 0.25) is 0 Å². The Labute approximate surface area is 117 Å². The van der Waals surface area contributed by atoms with E-state index in [0.717, 1.165) is 17.1 Å². The van der Waals surface area contributed by atoms with Gasteiger partial charge in [-0.15, -0.1) is 10.2 Å². The minimum absolute atomic E-state index is 0.288. The van der Waals surface area contributed by atoms with Crippen LogP contribution in [0.4, 0.5) is 5.13 Å². The third-order valence-electron chi connectivity index (χ3n) is 2.47. The maximum atomic E-state index is 12.0. The lowest BCUT2D eigenvalue weighted by Gasteiger charge is -1.97. The third kappa shape index (κ3) is 2.44. The molecule has 0 aromatic carbocycles. The standard InChI is InChI=1S/C10H12BrN5OS/c1-4-6-13-14-10(18-6)12-9(17)8-7(11)5(2)16(3)15-8/h4H2,1-3H3,(H,12,14,17). The Hall–Kier alpha value is -1.28. The molecule has 2 heterocycles. The number of rotatable bonds is 3. The summed E-state index contributed by atoms with van der Waals surface area (Å²) in [4.78, 5) is 12.0. The van der Waals surface area contributed by atoms with Crippen LogP contribution in [0.15, 0.2) is 4.47 Å². The molecule has 1 N–H and O–H groups in total. The van der Waals surface area contributed by atoms with Crippen molar-refractivity contribution >= 4 is 38.3 Å². The zero-order valence-electron chi connectivity index (χ0n) is 10.2. The van der Waals surface area contributed by atoms with E-state index in [0.29, 0.717) is 15.3 Å². The van der Waals surface area contributed by atoms with Crippen molar-refractivity contribution in [2.45, 2.75) is 20.3 Å². The van der Waals surface area contributed by atoms with Crippen molar-refractivity contribution in [3.05, 3.63) is 20.9 Å². The molecule has 0 fully saturated rings. The highest BCUT2D eigenvalue weighted by atomic mass is 79.9. The van der Waals surface area contributed by atoms with Gasteiger partial charge in [-0.2, -0.15) is 5.10 Å². The Morgan fingerprint density at radius 2 is 2.22 bits per heavy atom. The number of carbonyl (C=O) groups is 1. The lowest BCUT2D eigenvalue weighted by molar-refractivity contribution is 0.102. The molecule has 0 aliphatic carbocycles. The number of nitrogens with one attached hydrogen (secondary N) is 1. The van der Waals surface area contributed by atoms with Crippen molar-refractivity contribution in [3.8, 4) is 0 Å². The molecule has 8 heteroatoms. The predicted molar refractivity (Wildman–Crippen MR) is 72.9 cm³/mol. The van der Waals surface area contributed by atoms with Crippen LogP contribution in [-0.4, -0.2) is 25.9 Å². The molecule has 0 spiro atoms. The molecule has 2 aromatic rings. The average molecular weight is 330 g/mol. The van der Waals surface area contributed by atoms with Crippen LogP contribution in [0, 0.1) is 6.92 Å². The van der Waals surface area contributed by atoms with Gasteiger partial charge in [-0.25, -0.2) is 0 Å². The van der Waals surface area contributed by atoms with Gasteiger partial charge in [0.05, 0.1) is 10.2 Å². The smallest absolute Gasteiger partial charge is 0.279 e. The first-order valence-corrected chi connectivity index (χ1v) is 6.96. The summed E-state index contributed by atoms with van der Waals surface area (Å²) >= 11 is 4.73. The van der Waals surface area contributed by atoms with Gasteiger partial charge in [0, 0.05) is 7.05 Å². The highest BCUT2D eigenvalue weighted by Gasteiger charge is 2.19. The molecule has 1 amide bonds. The van der Waals surface area contributed by atoms with Crippen LogP contribution >= 0.6 is 27.3 Å². The SMILES string of the molecule is CCc1nnc(NC(=O)c2nn(C)c(C)c2Br)s1. The first kappa shape index (κ1) is 13.2. The van der Waals surface area contributed by atoms with Crippen LogP contribution in [0.25, 0.3) is 0 Å². The number of halogens is 1. The summed E-state index contributed by atoms with van der Waals surface area (Å²) in [5.74, 6) is -0.288. The molecule has 0 aliphatic rings. The van der Waals surface area contributed by atoms with Crippen molar-refractivity contribution in [2.24, 2.45) is 7.05 Å². The molecular weight excluding hydrogens is 318 g/mol. The van der Waals surface area contributed by atoms with Gasteiger partial charge in [-0.3, -0.25) is 14.8 Å². The van der Waals surface area contributed by atoms with E-state index in [2.05, 4.69) is 36.5 Å². The first-order valence-electron chi connectivity index (χ1n) is 5.35. The van der Waals surface area contributed by atoms with Gasteiger partial charge in [-0.05, 0) is 29.3 Å². The zero-order valence-corrected chi connectivity index (χ0v) is 12.6. The van der Waals surface area contributed by atoms with Gasteiger partial charge in [0.25, 0.3) is 5.91 Å². The summed E-state index contributed by atoms with van der Waals surface area (Å²) < 4.78 is 2.35. The van der Waals surface area contributed by atoms with E-state index in [-0.39, 0.29) is 5.91 Å². The maximum absolute atomic E-state index is 12.0. The third-order valence-corrected chi connectivity index (χ3v) is 4.40. The van der Waals surface area contributed by atoms with E-state index < -0.39 is 0 Å². The number of aryl methyl sites for hydroxylation is 2. The Balaban J connectivity index is 2.19. The topological polar surface area (TPSA) is 72.7 Å². The van der Waals surface area contributed by atoms with Crippen LogP contribution in [-0.2, 0) is 13.5 Å². The second-order valence-electron chi connectivity index (χ2n) is 3.68. The summed E-state index contributed by atoms with van der Waals surface area (Å²) in [6, 6.07) is 0.